The molecule has 1 aliphatic carbocycles. The standard InChI is InChI=1S/C6H7BF2O/c1-5(4(7)10)2-6(8,9)3-5/h2-3H2,1H3. The predicted molar refractivity (Wildman–Crippen MR) is 33.0 cm³/mol. The van der Waals surface area contributed by atoms with Crippen LogP contribution in [0.4, 0.5) is 8.78 Å². The third-order valence-corrected chi connectivity index (χ3v) is 1.89. The van der Waals surface area contributed by atoms with Gasteiger partial charge in [-0.05, 0) is 0 Å². The van der Waals surface area contributed by atoms with Crippen molar-refractivity contribution in [2.75, 3.05) is 0 Å². The lowest BCUT2D eigenvalue weighted by atomic mass is 9.60. The number of carbonyl (C=O) groups is 1. The van der Waals surface area contributed by atoms with Gasteiger partial charge in [-0.15, -0.1) is 0 Å². The van der Waals surface area contributed by atoms with Crippen LogP contribution in [0.25, 0.3) is 0 Å². The molecule has 0 heterocycles. The van der Waals surface area contributed by atoms with Gasteiger partial charge in [0.2, 0.25) is 5.92 Å². The smallest absolute Gasteiger partial charge is 0.250 e. The lowest BCUT2D eigenvalue weighted by Gasteiger charge is -2.43. The fraction of sp³-hybridized carbons (Fsp3) is 0.833. The zero-order chi connectivity index (χ0) is 7.99. The van der Waals surface area contributed by atoms with Crippen molar-refractivity contribution in [1.29, 1.82) is 0 Å². The van der Waals surface area contributed by atoms with E-state index < -0.39 is 29.9 Å². The fourth-order valence-electron chi connectivity index (χ4n) is 1.26. The molecule has 0 amide bonds. The predicted octanol–water partition coefficient (Wildman–Crippen LogP) is 1.12. The molecular formula is C6H7BF2O. The lowest BCUT2D eigenvalue weighted by molar-refractivity contribution is -0.165. The van der Waals surface area contributed by atoms with E-state index >= 15 is 0 Å². The van der Waals surface area contributed by atoms with Gasteiger partial charge in [0, 0.05) is 18.3 Å². The summed E-state index contributed by atoms with van der Waals surface area (Å²) in [5.74, 6) is -2.66. The van der Waals surface area contributed by atoms with E-state index in [1.807, 2.05) is 0 Å². The number of hydrogen-bond donors (Lipinski definition) is 0. The highest BCUT2D eigenvalue weighted by atomic mass is 19.3. The Morgan fingerprint density at radius 2 is 1.90 bits per heavy atom. The largest absolute Gasteiger partial charge is 0.312 e. The molecule has 0 spiro atoms. The molecule has 1 fully saturated rings. The first-order valence-electron chi connectivity index (χ1n) is 3.03. The van der Waals surface area contributed by atoms with Crippen LogP contribution in [0.15, 0.2) is 0 Å². The van der Waals surface area contributed by atoms with Gasteiger partial charge in [0.25, 0.3) is 0 Å². The quantitative estimate of drug-likeness (QED) is 0.504. The van der Waals surface area contributed by atoms with Gasteiger partial charge < -0.3 is 4.79 Å². The van der Waals surface area contributed by atoms with Crippen LogP contribution in [0.3, 0.4) is 0 Å². The van der Waals surface area contributed by atoms with Crippen molar-refractivity contribution in [2.24, 2.45) is 5.41 Å². The van der Waals surface area contributed by atoms with Crippen molar-refractivity contribution in [3.05, 3.63) is 0 Å². The summed E-state index contributed by atoms with van der Waals surface area (Å²) in [5.41, 5.74) is -1.58. The second-order valence-electron chi connectivity index (χ2n) is 3.13. The van der Waals surface area contributed by atoms with Crippen LogP contribution in [-0.4, -0.2) is 19.5 Å². The van der Waals surface area contributed by atoms with Gasteiger partial charge in [0.1, 0.15) is 0 Å². The van der Waals surface area contributed by atoms with Gasteiger partial charge in [-0.2, -0.15) is 0 Å². The minimum Gasteiger partial charge on any atom is -0.312 e. The molecule has 1 aliphatic rings. The summed E-state index contributed by atoms with van der Waals surface area (Å²) in [5, 5.41) is 0. The second kappa shape index (κ2) is 1.80. The first-order valence-corrected chi connectivity index (χ1v) is 3.03. The van der Waals surface area contributed by atoms with E-state index in [4.69, 9.17) is 7.85 Å². The number of carbonyl (C=O) groups excluding carboxylic acids is 1. The summed E-state index contributed by atoms with van der Waals surface area (Å²) < 4.78 is 24.4. The monoisotopic (exact) mass is 144 g/mol. The summed E-state index contributed by atoms with van der Waals surface area (Å²) in [6.45, 7) is 1.47. The number of rotatable bonds is 1. The molecule has 54 valence electrons. The summed E-state index contributed by atoms with van der Waals surface area (Å²) in [4.78, 5) is 10.5. The molecule has 4 heteroatoms. The number of alkyl halides is 2. The van der Waals surface area contributed by atoms with Crippen LogP contribution >= 0.6 is 0 Å². The third kappa shape index (κ3) is 1.07. The molecule has 1 rings (SSSR count). The maximum atomic E-state index is 12.2. The molecule has 1 saturated carbocycles. The molecule has 0 aliphatic heterocycles. The van der Waals surface area contributed by atoms with Crippen molar-refractivity contribution in [3.63, 3.8) is 0 Å². The SMILES string of the molecule is [B]C(=O)C1(C)CC(F)(F)C1. The van der Waals surface area contributed by atoms with Crippen molar-refractivity contribution in [2.45, 2.75) is 25.7 Å². The van der Waals surface area contributed by atoms with E-state index in [1.54, 1.807) is 0 Å². The molecule has 0 aromatic carbocycles. The van der Waals surface area contributed by atoms with E-state index in [0.717, 1.165) is 0 Å². The maximum Gasteiger partial charge on any atom is 0.250 e. The Kier molecular flexibility index (Phi) is 1.39. The Bertz CT molecular complexity index is 171. The molecule has 0 unspecified atom stereocenters. The summed E-state index contributed by atoms with van der Waals surface area (Å²) in [6, 6.07) is 0. The zero-order valence-corrected chi connectivity index (χ0v) is 5.66. The molecule has 0 N–H and O–H groups in total. The van der Waals surface area contributed by atoms with Gasteiger partial charge in [0.15, 0.2) is 7.85 Å². The Labute approximate surface area is 59.2 Å². The highest BCUT2D eigenvalue weighted by Crippen LogP contribution is 2.51. The Morgan fingerprint density at radius 3 is 2.00 bits per heavy atom. The minimum atomic E-state index is -2.66. The molecule has 0 atom stereocenters. The van der Waals surface area contributed by atoms with Gasteiger partial charge >= 0.3 is 0 Å². The Morgan fingerprint density at radius 1 is 1.50 bits per heavy atom. The van der Waals surface area contributed by atoms with E-state index in [2.05, 4.69) is 0 Å². The van der Waals surface area contributed by atoms with Gasteiger partial charge in [-0.1, -0.05) is 6.92 Å². The average Bonchev–Trinajstić information content (AvgIpc) is 1.59. The van der Waals surface area contributed by atoms with Crippen molar-refractivity contribution in [1.82, 2.24) is 0 Å². The van der Waals surface area contributed by atoms with E-state index in [-0.39, 0.29) is 0 Å². The van der Waals surface area contributed by atoms with E-state index in [1.165, 1.54) is 6.92 Å². The van der Waals surface area contributed by atoms with Crippen LogP contribution in [0, 0.1) is 5.41 Å². The number of halogens is 2. The van der Waals surface area contributed by atoms with E-state index in [9.17, 15) is 13.6 Å². The normalized spacial score (nSPS) is 27.1. The van der Waals surface area contributed by atoms with Crippen LogP contribution in [0.2, 0.25) is 0 Å². The minimum absolute atomic E-state index is 0.394. The molecule has 10 heavy (non-hydrogen) atoms. The molecule has 0 aromatic heterocycles. The third-order valence-electron chi connectivity index (χ3n) is 1.89. The topological polar surface area (TPSA) is 17.1 Å². The Hall–Kier alpha value is -0.405. The van der Waals surface area contributed by atoms with Gasteiger partial charge in [-0.25, -0.2) is 8.78 Å². The number of hydrogen-bond acceptors (Lipinski definition) is 1. The molecule has 0 aromatic rings. The van der Waals surface area contributed by atoms with Crippen LogP contribution < -0.4 is 0 Å². The first-order chi connectivity index (χ1) is 4.36. The van der Waals surface area contributed by atoms with Gasteiger partial charge in [0.05, 0.1) is 5.68 Å². The van der Waals surface area contributed by atoms with Crippen LogP contribution in [0.1, 0.15) is 19.8 Å². The van der Waals surface area contributed by atoms with Crippen molar-refractivity contribution < 1.29 is 13.6 Å². The maximum absolute atomic E-state index is 12.2. The second-order valence-corrected chi connectivity index (χ2v) is 3.13. The molecular weight excluding hydrogens is 137 g/mol. The molecule has 1 nitrogen and oxygen atoms in total. The highest BCUT2D eigenvalue weighted by molar-refractivity contribution is 6.59. The van der Waals surface area contributed by atoms with E-state index in [0.29, 0.717) is 0 Å². The zero-order valence-electron chi connectivity index (χ0n) is 5.66. The summed E-state index contributed by atoms with van der Waals surface area (Å²) in [7, 11) is 4.88. The molecule has 0 bridgehead atoms. The average molecular weight is 144 g/mol. The lowest BCUT2D eigenvalue weighted by Crippen LogP contribution is -2.49. The van der Waals surface area contributed by atoms with Gasteiger partial charge in [-0.3, -0.25) is 0 Å². The van der Waals surface area contributed by atoms with Crippen molar-refractivity contribution >= 4 is 13.5 Å². The van der Waals surface area contributed by atoms with Crippen LogP contribution in [0.5, 0.6) is 0 Å². The molecule has 0 saturated heterocycles. The Balaban J connectivity index is 2.58. The van der Waals surface area contributed by atoms with Crippen molar-refractivity contribution in [3.8, 4) is 0 Å². The molecule has 2 radical (unpaired) electrons. The van der Waals surface area contributed by atoms with Crippen LogP contribution in [-0.2, 0) is 4.79 Å². The fourth-order valence-corrected chi connectivity index (χ4v) is 1.26. The highest BCUT2D eigenvalue weighted by Gasteiger charge is 2.55. The summed E-state index contributed by atoms with van der Waals surface area (Å²) >= 11 is 0. The summed E-state index contributed by atoms with van der Waals surface area (Å²) in [6.07, 6.45) is -0.787. The first kappa shape index (κ1) is 7.70.